The molecule has 0 fully saturated rings. The SMILES string of the molecule is C=CCCN(C(=O)OCc1ccccc1)[C@H]1CC(NC[C@@H](O)[C@H](Cc2ccccc2)NC(=O)OC(C)(C)C)c2cc(OC)ccc21. The predicted octanol–water partition coefficient (Wildman–Crippen LogP) is 6.48. The van der Waals surface area contributed by atoms with E-state index in [1.54, 1.807) is 38.9 Å². The number of benzene rings is 3. The largest absolute Gasteiger partial charge is 0.497 e. The van der Waals surface area contributed by atoms with Crippen LogP contribution in [0.15, 0.2) is 91.5 Å². The Morgan fingerprint density at radius 2 is 1.70 bits per heavy atom. The number of methoxy groups -OCH3 is 1. The van der Waals surface area contributed by atoms with Crippen molar-refractivity contribution < 1.29 is 28.9 Å². The first-order valence-corrected chi connectivity index (χ1v) is 15.8. The van der Waals surface area contributed by atoms with Crippen molar-refractivity contribution in [3.63, 3.8) is 0 Å². The van der Waals surface area contributed by atoms with Gasteiger partial charge in [-0.3, -0.25) is 0 Å². The van der Waals surface area contributed by atoms with Crippen LogP contribution < -0.4 is 15.4 Å². The van der Waals surface area contributed by atoms with Crippen LogP contribution in [0.3, 0.4) is 0 Å². The molecule has 1 aliphatic rings. The van der Waals surface area contributed by atoms with Gasteiger partial charge in [-0.2, -0.15) is 0 Å². The number of amides is 2. The first-order chi connectivity index (χ1) is 22.1. The maximum Gasteiger partial charge on any atom is 0.410 e. The third kappa shape index (κ3) is 9.83. The molecule has 0 aromatic heterocycles. The zero-order chi connectivity index (χ0) is 33.1. The maximum absolute atomic E-state index is 13.5. The van der Waals surface area contributed by atoms with E-state index < -0.39 is 29.9 Å². The summed E-state index contributed by atoms with van der Waals surface area (Å²) in [6, 6.07) is 24.1. The number of hydrogen-bond acceptors (Lipinski definition) is 7. The van der Waals surface area contributed by atoms with Crippen molar-refractivity contribution in [2.24, 2.45) is 0 Å². The molecule has 2 amide bonds. The average molecular weight is 630 g/mol. The highest BCUT2D eigenvalue weighted by Crippen LogP contribution is 2.44. The van der Waals surface area contributed by atoms with Gasteiger partial charge in [0.1, 0.15) is 18.0 Å². The molecule has 3 N–H and O–H groups in total. The van der Waals surface area contributed by atoms with E-state index in [-0.39, 0.29) is 25.2 Å². The Balaban J connectivity index is 1.52. The summed E-state index contributed by atoms with van der Waals surface area (Å²) < 4.78 is 16.8. The Morgan fingerprint density at radius 1 is 1.02 bits per heavy atom. The summed E-state index contributed by atoms with van der Waals surface area (Å²) in [5, 5.41) is 17.8. The van der Waals surface area contributed by atoms with E-state index in [2.05, 4.69) is 17.2 Å². The van der Waals surface area contributed by atoms with Crippen molar-refractivity contribution in [1.29, 1.82) is 0 Å². The van der Waals surface area contributed by atoms with E-state index in [0.717, 1.165) is 22.3 Å². The van der Waals surface area contributed by atoms with Crippen LogP contribution in [0.5, 0.6) is 5.75 Å². The van der Waals surface area contributed by atoms with Gasteiger partial charge in [0, 0.05) is 19.1 Å². The summed E-state index contributed by atoms with van der Waals surface area (Å²) >= 11 is 0. The molecule has 0 bridgehead atoms. The normalized spacial score (nSPS) is 16.9. The Kier molecular flexibility index (Phi) is 12.2. The standard InChI is InChI=1S/C37H47N3O6/c1-6-7-20-40(36(43)45-25-27-16-12-9-13-17-27)33-23-31(30-22-28(44-5)18-19-29(30)33)38-24-34(41)32(21-26-14-10-8-11-15-26)39-35(42)46-37(2,3)4/h6,8-19,22,31-34,38,41H,1,7,20-21,23-25H2,2-5H3,(H,39,42)/t31?,32-,33-,34+/m0/s1. The molecule has 3 aromatic carbocycles. The van der Waals surface area contributed by atoms with E-state index in [1.807, 2.05) is 78.9 Å². The number of fused-ring (bicyclic) bond motifs is 1. The Labute approximate surface area is 272 Å². The number of alkyl carbamates (subject to hydrolysis) is 1. The molecule has 1 aliphatic carbocycles. The Hall–Kier alpha value is -4.34. The lowest BCUT2D eigenvalue weighted by Crippen LogP contribution is -2.50. The van der Waals surface area contributed by atoms with Gasteiger partial charge in [0.25, 0.3) is 0 Å². The second-order valence-electron chi connectivity index (χ2n) is 12.5. The lowest BCUT2D eigenvalue weighted by Gasteiger charge is -2.29. The number of ether oxygens (including phenoxy) is 3. The van der Waals surface area contributed by atoms with E-state index in [9.17, 15) is 14.7 Å². The molecule has 0 saturated carbocycles. The molecule has 0 aliphatic heterocycles. The van der Waals surface area contributed by atoms with Crippen LogP contribution in [0.4, 0.5) is 9.59 Å². The molecule has 4 rings (SSSR count). The van der Waals surface area contributed by atoms with Gasteiger partial charge in [0.05, 0.1) is 25.3 Å². The minimum absolute atomic E-state index is 0.174. The quantitative estimate of drug-likeness (QED) is 0.175. The molecule has 0 saturated heterocycles. The first-order valence-electron chi connectivity index (χ1n) is 15.8. The number of nitrogens with one attached hydrogen (secondary N) is 2. The molecule has 9 nitrogen and oxygen atoms in total. The molecule has 0 radical (unpaired) electrons. The van der Waals surface area contributed by atoms with Crippen molar-refractivity contribution in [2.45, 2.75) is 76.5 Å². The van der Waals surface area contributed by atoms with Crippen LogP contribution in [0, 0.1) is 0 Å². The smallest absolute Gasteiger partial charge is 0.410 e. The van der Waals surface area contributed by atoms with Crippen LogP contribution in [0.25, 0.3) is 0 Å². The predicted molar refractivity (Wildman–Crippen MR) is 179 cm³/mol. The van der Waals surface area contributed by atoms with Crippen LogP contribution in [-0.4, -0.2) is 60.1 Å². The molecule has 0 heterocycles. The van der Waals surface area contributed by atoms with Gasteiger partial charge in [-0.25, -0.2) is 9.59 Å². The summed E-state index contributed by atoms with van der Waals surface area (Å²) in [6.07, 6.45) is 1.46. The molecule has 3 aromatic rings. The second-order valence-corrected chi connectivity index (χ2v) is 12.5. The zero-order valence-corrected chi connectivity index (χ0v) is 27.3. The number of carbonyl (C=O) groups is 2. The minimum atomic E-state index is -0.937. The maximum atomic E-state index is 13.5. The Bertz CT molecular complexity index is 1430. The monoisotopic (exact) mass is 629 g/mol. The Morgan fingerprint density at radius 3 is 2.33 bits per heavy atom. The lowest BCUT2D eigenvalue weighted by atomic mass is 10.0. The number of aliphatic hydroxyl groups excluding tert-OH is 1. The molecular formula is C37H47N3O6. The fraction of sp³-hybridized carbons (Fsp3) is 0.405. The van der Waals surface area contributed by atoms with Crippen molar-refractivity contribution in [1.82, 2.24) is 15.5 Å². The third-order valence-corrected chi connectivity index (χ3v) is 7.92. The number of rotatable bonds is 14. The molecule has 4 atom stereocenters. The minimum Gasteiger partial charge on any atom is -0.497 e. The fourth-order valence-corrected chi connectivity index (χ4v) is 5.67. The number of aliphatic hydroxyl groups is 1. The highest BCUT2D eigenvalue weighted by Gasteiger charge is 2.38. The van der Waals surface area contributed by atoms with E-state index in [4.69, 9.17) is 14.2 Å². The van der Waals surface area contributed by atoms with E-state index in [0.29, 0.717) is 31.6 Å². The summed E-state index contributed by atoms with van der Waals surface area (Å²) in [4.78, 5) is 28.0. The average Bonchev–Trinajstić information content (AvgIpc) is 3.39. The highest BCUT2D eigenvalue weighted by molar-refractivity contribution is 5.69. The van der Waals surface area contributed by atoms with Crippen molar-refractivity contribution in [3.05, 3.63) is 114 Å². The second kappa shape index (κ2) is 16.3. The first kappa shape index (κ1) is 34.5. The molecule has 46 heavy (non-hydrogen) atoms. The third-order valence-electron chi connectivity index (χ3n) is 7.92. The van der Waals surface area contributed by atoms with Gasteiger partial charge in [-0.05, 0) is 74.4 Å². The van der Waals surface area contributed by atoms with Crippen LogP contribution in [-0.2, 0) is 22.5 Å². The van der Waals surface area contributed by atoms with Crippen LogP contribution in [0.2, 0.25) is 0 Å². The van der Waals surface area contributed by atoms with Crippen LogP contribution in [0.1, 0.15) is 68.0 Å². The fourth-order valence-electron chi connectivity index (χ4n) is 5.67. The van der Waals surface area contributed by atoms with Crippen molar-refractivity contribution >= 4 is 12.2 Å². The molecule has 9 heteroatoms. The van der Waals surface area contributed by atoms with Gasteiger partial charge in [-0.1, -0.05) is 72.8 Å². The summed E-state index contributed by atoms with van der Waals surface area (Å²) in [6.45, 7) is 10.1. The van der Waals surface area contributed by atoms with Gasteiger partial charge in [-0.15, -0.1) is 6.58 Å². The van der Waals surface area contributed by atoms with Gasteiger partial charge < -0.3 is 34.9 Å². The zero-order valence-electron chi connectivity index (χ0n) is 27.3. The molecule has 246 valence electrons. The van der Waals surface area contributed by atoms with Gasteiger partial charge in [0.15, 0.2) is 0 Å². The number of hydrogen-bond donors (Lipinski definition) is 3. The summed E-state index contributed by atoms with van der Waals surface area (Å²) in [5.74, 6) is 0.699. The lowest BCUT2D eigenvalue weighted by molar-refractivity contribution is 0.0419. The molecule has 1 unspecified atom stereocenters. The van der Waals surface area contributed by atoms with E-state index >= 15 is 0 Å². The van der Waals surface area contributed by atoms with E-state index in [1.165, 1.54) is 0 Å². The summed E-state index contributed by atoms with van der Waals surface area (Å²) in [7, 11) is 1.62. The van der Waals surface area contributed by atoms with Gasteiger partial charge >= 0.3 is 12.2 Å². The van der Waals surface area contributed by atoms with Crippen LogP contribution >= 0.6 is 0 Å². The number of nitrogens with zero attached hydrogens (tertiary/aromatic N) is 1. The topological polar surface area (TPSA) is 109 Å². The molecule has 0 spiro atoms. The van der Waals surface area contributed by atoms with Gasteiger partial charge in [0.2, 0.25) is 0 Å². The number of carbonyl (C=O) groups excluding carboxylic acids is 2. The highest BCUT2D eigenvalue weighted by atomic mass is 16.6. The van der Waals surface area contributed by atoms with Crippen molar-refractivity contribution in [3.8, 4) is 5.75 Å². The van der Waals surface area contributed by atoms with Crippen molar-refractivity contribution in [2.75, 3.05) is 20.2 Å². The molecular weight excluding hydrogens is 582 g/mol. The summed E-state index contributed by atoms with van der Waals surface area (Å²) in [5.41, 5.74) is 3.18.